The first kappa shape index (κ1) is 13.9. The van der Waals surface area contributed by atoms with Crippen molar-refractivity contribution in [2.75, 3.05) is 13.7 Å². The van der Waals surface area contributed by atoms with E-state index in [-0.39, 0.29) is 11.9 Å². The highest BCUT2D eigenvalue weighted by Crippen LogP contribution is 2.36. The molecule has 1 amide bonds. The van der Waals surface area contributed by atoms with E-state index in [0.29, 0.717) is 5.56 Å². The standard InChI is InChI=1S/C19H17NO3/c1-22-14-6-4-5-13(11-14)17-9-10-20(17)19(21)16-12-23-18-8-3-2-7-15(16)18/h2-8,11-12,17H,9-10H2,1H3/t17-/m0/s1. The van der Waals surface area contributed by atoms with Gasteiger partial charge in [0.2, 0.25) is 0 Å². The lowest BCUT2D eigenvalue weighted by Crippen LogP contribution is -2.45. The van der Waals surface area contributed by atoms with Crippen molar-refractivity contribution >= 4 is 16.9 Å². The number of fused-ring (bicyclic) bond motifs is 1. The molecule has 1 aliphatic heterocycles. The summed E-state index contributed by atoms with van der Waals surface area (Å²) in [6, 6.07) is 15.6. The third-order valence-electron chi connectivity index (χ3n) is 4.47. The highest BCUT2D eigenvalue weighted by molar-refractivity contribution is 6.06. The molecule has 2 heterocycles. The highest BCUT2D eigenvalue weighted by atomic mass is 16.5. The van der Waals surface area contributed by atoms with Crippen molar-refractivity contribution in [1.29, 1.82) is 0 Å². The molecule has 23 heavy (non-hydrogen) atoms. The number of hydrogen-bond donors (Lipinski definition) is 0. The number of nitrogens with zero attached hydrogens (tertiary/aromatic N) is 1. The van der Waals surface area contributed by atoms with Gasteiger partial charge in [-0.05, 0) is 30.2 Å². The van der Waals surface area contributed by atoms with Crippen LogP contribution in [0.2, 0.25) is 0 Å². The van der Waals surface area contributed by atoms with Gasteiger partial charge in [-0.15, -0.1) is 0 Å². The Hall–Kier alpha value is -2.75. The van der Waals surface area contributed by atoms with Crippen LogP contribution in [-0.2, 0) is 0 Å². The molecule has 4 rings (SSSR count). The molecule has 1 aromatic heterocycles. The quantitative estimate of drug-likeness (QED) is 0.733. The van der Waals surface area contributed by atoms with Crippen LogP contribution < -0.4 is 4.74 Å². The van der Waals surface area contributed by atoms with Crippen LogP contribution in [0.1, 0.15) is 28.4 Å². The third-order valence-corrected chi connectivity index (χ3v) is 4.47. The number of hydrogen-bond acceptors (Lipinski definition) is 3. The zero-order valence-corrected chi connectivity index (χ0v) is 12.9. The van der Waals surface area contributed by atoms with E-state index >= 15 is 0 Å². The molecule has 0 spiro atoms. The molecule has 1 aliphatic rings. The summed E-state index contributed by atoms with van der Waals surface area (Å²) in [5.74, 6) is 0.838. The van der Waals surface area contributed by atoms with Gasteiger partial charge in [-0.1, -0.05) is 30.3 Å². The molecule has 1 atom stereocenters. The Morgan fingerprint density at radius 1 is 1.22 bits per heavy atom. The predicted molar refractivity (Wildman–Crippen MR) is 87.6 cm³/mol. The Morgan fingerprint density at radius 3 is 2.87 bits per heavy atom. The van der Waals surface area contributed by atoms with Crippen molar-refractivity contribution < 1.29 is 13.9 Å². The van der Waals surface area contributed by atoms with Crippen LogP contribution in [0.15, 0.2) is 59.2 Å². The SMILES string of the molecule is COc1cccc([C@@H]2CCN2C(=O)c2coc3ccccc23)c1. The van der Waals surface area contributed by atoms with E-state index in [1.54, 1.807) is 13.4 Å². The predicted octanol–water partition coefficient (Wildman–Crippen LogP) is 4.03. The van der Waals surface area contributed by atoms with Crippen LogP contribution in [0.25, 0.3) is 11.0 Å². The molecule has 3 aromatic rings. The zero-order chi connectivity index (χ0) is 15.8. The van der Waals surface area contributed by atoms with Gasteiger partial charge in [-0.25, -0.2) is 0 Å². The van der Waals surface area contributed by atoms with Gasteiger partial charge >= 0.3 is 0 Å². The Balaban J connectivity index is 1.64. The first-order chi connectivity index (χ1) is 11.3. The molecule has 0 radical (unpaired) electrons. The van der Waals surface area contributed by atoms with E-state index in [9.17, 15) is 4.79 Å². The number of para-hydroxylation sites is 1. The van der Waals surface area contributed by atoms with Gasteiger partial charge < -0.3 is 14.1 Å². The van der Waals surface area contributed by atoms with Gasteiger partial charge in [0.15, 0.2) is 0 Å². The molecular formula is C19H17NO3. The van der Waals surface area contributed by atoms with Gasteiger partial charge in [-0.3, -0.25) is 4.79 Å². The van der Waals surface area contributed by atoms with E-state index in [2.05, 4.69) is 0 Å². The Kier molecular flexibility index (Phi) is 3.30. The molecule has 2 aromatic carbocycles. The molecule has 4 heteroatoms. The molecule has 116 valence electrons. The lowest BCUT2D eigenvalue weighted by atomic mass is 9.93. The number of ether oxygens (including phenoxy) is 1. The van der Waals surface area contributed by atoms with Gasteiger partial charge in [0.25, 0.3) is 5.91 Å². The van der Waals surface area contributed by atoms with Gasteiger partial charge in [0, 0.05) is 11.9 Å². The Labute approximate surface area is 134 Å². The molecular weight excluding hydrogens is 290 g/mol. The summed E-state index contributed by atoms with van der Waals surface area (Å²) in [4.78, 5) is 14.8. The van der Waals surface area contributed by atoms with Crippen molar-refractivity contribution in [2.45, 2.75) is 12.5 Å². The molecule has 0 N–H and O–H groups in total. The normalized spacial score (nSPS) is 17.1. The van der Waals surface area contributed by atoms with Crippen molar-refractivity contribution in [3.63, 3.8) is 0 Å². The minimum absolute atomic E-state index is 0.0222. The van der Waals surface area contributed by atoms with Crippen molar-refractivity contribution in [3.05, 3.63) is 65.9 Å². The molecule has 1 saturated heterocycles. The van der Waals surface area contributed by atoms with E-state index in [4.69, 9.17) is 9.15 Å². The number of amides is 1. The van der Waals surface area contributed by atoms with E-state index in [1.807, 2.05) is 53.4 Å². The molecule has 0 saturated carbocycles. The fourth-order valence-electron chi connectivity index (χ4n) is 3.12. The number of likely N-dealkylation sites (tertiary alicyclic amines) is 1. The number of rotatable bonds is 3. The largest absolute Gasteiger partial charge is 0.497 e. The molecule has 4 nitrogen and oxygen atoms in total. The lowest BCUT2D eigenvalue weighted by molar-refractivity contribution is 0.0461. The Morgan fingerprint density at radius 2 is 2.09 bits per heavy atom. The van der Waals surface area contributed by atoms with Crippen LogP contribution in [0.4, 0.5) is 0 Å². The fraction of sp³-hybridized carbons (Fsp3) is 0.211. The maximum absolute atomic E-state index is 12.9. The molecule has 0 unspecified atom stereocenters. The van der Waals surface area contributed by atoms with Crippen molar-refractivity contribution in [1.82, 2.24) is 4.90 Å². The van der Waals surface area contributed by atoms with Crippen LogP contribution in [0.3, 0.4) is 0 Å². The lowest BCUT2D eigenvalue weighted by Gasteiger charge is -2.41. The third kappa shape index (κ3) is 2.27. The number of furan rings is 1. The van der Waals surface area contributed by atoms with E-state index in [0.717, 1.165) is 35.2 Å². The maximum atomic E-state index is 12.9. The first-order valence-electron chi connectivity index (χ1n) is 7.69. The first-order valence-corrected chi connectivity index (χ1v) is 7.69. The van der Waals surface area contributed by atoms with E-state index in [1.165, 1.54) is 0 Å². The van der Waals surface area contributed by atoms with Crippen LogP contribution in [0.5, 0.6) is 5.75 Å². The monoisotopic (exact) mass is 307 g/mol. The van der Waals surface area contributed by atoms with Gasteiger partial charge in [0.1, 0.15) is 17.6 Å². The molecule has 1 fully saturated rings. The highest BCUT2D eigenvalue weighted by Gasteiger charge is 2.35. The van der Waals surface area contributed by atoms with Crippen LogP contribution >= 0.6 is 0 Å². The topological polar surface area (TPSA) is 42.7 Å². The second kappa shape index (κ2) is 5.47. The number of carbonyl (C=O) groups is 1. The summed E-state index contributed by atoms with van der Waals surface area (Å²) in [5.41, 5.74) is 2.49. The number of carbonyl (C=O) groups excluding carboxylic acids is 1. The van der Waals surface area contributed by atoms with Crippen LogP contribution in [-0.4, -0.2) is 24.5 Å². The Bertz CT molecular complexity index is 868. The average molecular weight is 307 g/mol. The summed E-state index contributed by atoms with van der Waals surface area (Å²) >= 11 is 0. The summed E-state index contributed by atoms with van der Waals surface area (Å²) < 4.78 is 10.8. The van der Waals surface area contributed by atoms with Crippen LogP contribution in [0, 0.1) is 0 Å². The number of benzene rings is 2. The molecule has 0 bridgehead atoms. The van der Waals surface area contributed by atoms with Crippen molar-refractivity contribution in [3.8, 4) is 5.75 Å². The summed E-state index contributed by atoms with van der Waals surface area (Å²) in [5, 5.41) is 0.869. The molecule has 0 aliphatic carbocycles. The minimum atomic E-state index is 0.0222. The van der Waals surface area contributed by atoms with E-state index < -0.39 is 0 Å². The average Bonchev–Trinajstić information content (AvgIpc) is 2.98. The summed E-state index contributed by atoms with van der Waals surface area (Å²) in [6.45, 7) is 0.764. The maximum Gasteiger partial charge on any atom is 0.258 e. The summed E-state index contributed by atoms with van der Waals surface area (Å²) in [6.07, 6.45) is 2.53. The smallest absolute Gasteiger partial charge is 0.258 e. The fourth-order valence-corrected chi connectivity index (χ4v) is 3.12. The van der Waals surface area contributed by atoms with Gasteiger partial charge in [0.05, 0.1) is 18.7 Å². The van der Waals surface area contributed by atoms with Crippen molar-refractivity contribution in [2.24, 2.45) is 0 Å². The minimum Gasteiger partial charge on any atom is -0.497 e. The second-order valence-corrected chi connectivity index (χ2v) is 5.73. The zero-order valence-electron chi connectivity index (χ0n) is 12.9. The second-order valence-electron chi connectivity index (χ2n) is 5.73. The summed E-state index contributed by atoms with van der Waals surface area (Å²) in [7, 11) is 1.65. The number of methoxy groups -OCH3 is 1. The van der Waals surface area contributed by atoms with Gasteiger partial charge in [-0.2, -0.15) is 0 Å².